The molecule has 0 radical (unpaired) electrons. The number of para-hydroxylation sites is 1. The molecule has 1 aliphatic rings. The van der Waals surface area contributed by atoms with Crippen molar-refractivity contribution in [2.45, 2.75) is 31.1 Å². The number of piperidine rings is 1. The quantitative estimate of drug-likeness (QED) is 0.482. The van der Waals surface area contributed by atoms with Gasteiger partial charge in [0, 0.05) is 33.4 Å². The standard InChI is InChI=1S/C25H33N3O6S/c1-18-11-14-28(15-12-18)35(31,32)19-9-10-23(34-3)21(17-19)25(30)27-22-8-5-4-7-20(22)24(29)26-13-6-16-33-2/h4-5,7-10,17-18H,6,11-16H2,1-3H3,(H,26,29)(H,27,30). The van der Waals surface area contributed by atoms with Gasteiger partial charge < -0.3 is 20.1 Å². The minimum Gasteiger partial charge on any atom is -0.496 e. The number of rotatable bonds is 10. The smallest absolute Gasteiger partial charge is 0.259 e. The maximum Gasteiger partial charge on any atom is 0.259 e. The molecule has 0 bridgehead atoms. The largest absolute Gasteiger partial charge is 0.496 e. The van der Waals surface area contributed by atoms with Gasteiger partial charge in [-0.1, -0.05) is 19.1 Å². The maximum atomic E-state index is 13.2. The number of nitrogens with one attached hydrogen (secondary N) is 2. The summed E-state index contributed by atoms with van der Waals surface area (Å²) in [5.74, 6) is -0.198. The van der Waals surface area contributed by atoms with Gasteiger partial charge in [0.2, 0.25) is 10.0 Å². The lowest BCUT2D eigenvalue weighted by Crippen LogP contribution is -2.38. The molecule has 10 heteroatoms. The van der Waals surface area contributed by atoms with Crippen LogP contribution in [0.4, 0.5) is 5.69 Å². The minimum atomic E-state index is -3.75. The fourth-order valence-electron chi connectivity index (χ4n) is 3.89. The summed E-state index contributed by atoms with van der Waals surface area (Å²) in [7, 11) is -0.751. The van der Waals surface area contributed by atoms with Crippen LogP contribution in [0.5, 0.6) is 5.75 Å². The number of carbonyl (C=O) groups is 2. The Labute approximate surface area is 206 Å². The van der Waals surface area contributed by atoms with Gasteiger partial charge in [-0.25, -0.2) is 8.42 Å². The summed E-state index contributed by atoms with van der Waals surface area (Å²) in [4.78, 5) is 25.9. The van der Waals surface area contributed by atoms with Gasteiger partial charge >= 0.3 is 0 Å². The van der Waals surface area contributed by atoms with Gasteiger partial charge in [-0.15, -0.1) is 0 Å². The highest BCUT2D eigenvalue weighted by molar-refractivity contribution is 7.89. The summed E-state index contributed by atoms with van der Waals surface area (Å²) < 4.78 is 38.2. The van der Waals surface area contributed by atoms with E-state index in [9.17, 15) is 18.0 Å². The summed E-state index contributed by atoms with van der Waals surface area (Å²) in [6.07, 6.45) is 2.26. The van der Waals surface area contributed by atoms with E-state index in [1.54, 1.807) is 31.4 Å². The second-order valence-corrected chi connectivity index (χ2v) is 10.5. The summed E-state index contributed by atoms with van der Waals surface area (Å²) in [5.41, 5.74) is 0.666. The third-order valence-electron chi connectivity index (χ3n) is 6.03. The first-order chi connectivity index (χ1) is 16.8. The summed E-state index contributed by atoms with van der Waals surface area (Å²) >= 11 is 0. The lowest BCUT2D eigenvalue weighted by molar-refractivity contribution is 0.0949. The third-order valence-corrected chi connectivity index (χ3v) is 7.92. The second kappa shape index (κ2) is 12.1. The van der Waals surface area contributed by atoms with Crippen LogP contribution in [0, 0.1) is 5.92 Å². The Morgan fingerprint density at radius 1 is 1.03 bits per heavy atom. The topological polar surface area (TPSA) is 114 Å². The molecule has 3 rings (SSSR count). The second-order valence-electron chi connectivity index (χ2n) is 8.55. The van der Waals surface area contributed by atoms with Gasteiger partial charge in [0.15, 0.2) is 0 Å². The molecule has 190 valence electrons. The van der Waals surface area contributed by atoms with Crippen LogP contribution < -0.4 is 15.4 Å². The van der Waals surface area contributed by atoms with E-state index in [0.29, 0.717) is 49.8 Å². The predicted molar refractivity (Wildman–Crippen MR) is 133 cm³/mol. The van der Waals surface area contributed by atoms with Crippen molar-refractivity contribution < 1.29 is 27.5 Å². The average molecular weight is 504 g/mol. The van der Waals surface area contributed by atoms with Gasteiger partial charge in [-0.05, 0) is 55.5 Å². The molecule has 0 spiro atoms. The molecule has 0 saturated carbocycles. The molecule has 1 saturated heterocycles. The fraction of sp³-hybridized carbons (Fsp3) is 0.440. The number of hydrogen-bond donors (Lipinski definition) is 2. The van der Waals surface area contributed by atoms with Crippen molar-refractivity contribution in [1.29, 1.82) is 0 Å². The van der Waals surface area contributed by atoms with E-state index in [4.69, 9.17) is 9.47 Å². The van der Waals surface area contributed by atoms with Crippen molar-refractivity contribution in [2.75, 3.05) is 45.8 Å². The van der Waals surface area contributed by atoms with Crippen LogP contribution in [0.15, 0.2) is 47.4 Å². The van der Waals surface area contributed by atoms with Crippen molar-refractivity contribution in [3.05, 3.63) is 53.6 Å². The van der Waals surface area contributed by atoms with Crippen molar-refractivity contribution in [3.63, 3.8) is 0 Å². The third kappa shape index (κ3) is 6.59. The number of anilines is 1. The van der Waals surface area contributed by atoms with E-state index in [0.717, 1.165) is 12.8 Å². The van der Waals surface area contributed by atoms with Gasteiger partial charge in [0.25, 0.3) is 11.8 Å². The number of hydrogen-bond acceptors (Lipinski definition) is 6. The Balaban J connectivity index is 1.83. The Morgan fingerprint density at radius 3 is 2.43 bits per heavy atom. The molecule has 0 atom stereocenters. The molecule has 0 aromatic heterocycles. The van der Waals surface area contributed by atoms with Crippen LogP contribution in [-0.2, 0) is 14.8 Å². The molecule has 1 aliphatic heterocycles. The molecule has 9 nitrogen and oxygen atoms in total. The first-order valence-electron chi connectivity index (χ1n) is 11.6. The fourth-order valence-corrected chi connectivity index (χ4v) is 5.39. The molecule has 2 amide bonds. The minimum absolute atomic E-state index is 0.0298. The molecule has 1 fully saturated rings. The van der Waals surface area contributed by atoms with E-state index in [-0.39, 0.29) is 22.1 Å². The molecule has 1 heterocycles. The number of nitrogens with zero attached hydrogens (tertiary/aromatic N) is 1. The highest BCUT2D eigenvalue weighted by Gasteiger charge is 2.29. The maximum absolute atomic E-state index is 13.2. The summed E-state index contributed by atoms with van der Waals surface area (Å²) in [6, 6.07) is 10.9. The molecule has 0 unspecified atom stereocenters. The first-order valence-corrected chi connectivity index (χ1v) is 13.1. The van der Waals surface area contributed by atoms with E-state index < -0.39 is 15.9 Å². The lowest BCUT2D eigenvalue weighted by atomic mass is 10.0. The number of ether oxygens (including phenoxy) is 2. The van der Waals surface area contributed by atoms with E-state index in [2.05, 4.69) is 17.6 Å². The molecular weight excluding hydrogens is 470 g/mol. The SMILES string of the molecule is COCCCNC(=O)c1ccccc1NC(=O)c1cc(S(=O)(=O)N2CCC(C)CC2)ccc1OC. The highest BCUT2D eigenvalue weighted by Crippen LogP contribution is 2.28. The Kier molecular flexibility index (Phi) is 9.25. The zero-order valence-corrected chi connectivity index (χ0v) is 21.2. The van der Waals surface area contributed by atoms with Gasteiger partial charge in [-0.3, -0.25) is 9.59 Å². The lowest BCUT2D eigenvalue weighted by Gasteiger charge is -2.29. The molecule has 35 heavy (non-hydrogen) atoms. The number of amides is 2. The molecule has 2 aromatic rings. The zero-order valence-electron chi connectivity index (χ0n) is 20.4. The van der Waals surface area contributed by atoms with Gasteiger partial charge in [0.05, 0.1) is 28.8 Å². The van der Waals surface area contributed by atoms with Crippen molar-refractivity contribution >= 4 is 27.5 Å². The van der Waals surface area contributed by atoms with Crippen LogP contribution in [0.3, 0.4) is 0 Å². The monoisotopic (exact) mass is 503 g/mol. The zero-order chi connectivity index (χ0) is 25.4. The molecule has 0 aliphatic carbocycles. The Morgan fingerprint density at radius 2 is 1.74 bits per heavy atom. The average Bonchev–Trinajstić information content (AvgIpc) is 2.86. The molecular formula is C25H33N3O6S. The van der Waals surface area contributed by atoms with Crippen molar-refractivity contribution in [3.8, 4) is 5.75 Å². The van der Waals surface area contributed by atoms with E-state index in [1.165, 1.54) is 29.6 Å². The van der Waals surface area contributed by atoms with Crippen LogP contribution in [0.2, 0.25) is 0 Å². The van der Waals surface area contributed by atoms with Gasteiger partial charge in [0.1, 0.15) is 5.75 Å². The van der Waals surface area contributed by atoms with E-state index in [1.807, 2.05) is 0 Å². The number of sulfonamides is 1. The van der Waals surface area contributed by atoms with Crippen molar-refractivity contribution in [1.82, 2.24) is 9.62 Å². The number of methoxy groups -OCH3 is 2. The van der Waals surface area contributed by atoms with Crippen molar-refractivity contribution in [2.24, 2.45) is 5.92 Å². The summed E-state index contributed by atoms with van der Waals surface area (Å²) in [6.45, 7) is 3.96. The van der Waals surface area contributed by atoms with Crippen LogP contribution in [0.1, 0.15) is 46.9 Å². The first kappa shape index (κ1) is 26.7. The predicted octanol–water partition coefficient (Wildman–Crippen LogP) is 3.13. The van der Waals surface area contributed by atoms with Crippen LogP contribution in [0.25, 0.3) is 0 Å². The van der Waals surface area contributed by atoms with Gasteiger partial charge in [-0.2, -0.15) is 4.31 Å². The number of benzene rings is 2. The van der Waals surface area contributed by atoms with Crippen LogP contribution in [-0.4, -0.2) is 65.0 Å². The summed E-state index contributed by atoms with van der Waals surface area (Å²) in [5, 5.41) is 5.53. The van der Waals surface area contributed by atoms with E-state index >= 15 is 0 Å². The normalized spacial score (nSPS) is 14.9. The Hall–Kier alpha value is -2.95. The Bertz CT molecular complexity index is 1140. The molecule has 2 aromatic carbocycles. The molecule has 2 N–H and O–H groups in total. The highest BCUT2D eigenvalue weighted by atomic mass is 32.2. The van der Waals surface area contributed by atoms with Crippen LogP contribution >= 0.6 is 0 Å². The number of carbonyl (C=O) groups excluding carboxylic acids is 2.